The summed E-state index contributed by atoms with van der Waals surface area (Å²) >= 11 is 3.89. The summed E-state index contributed by atoms with van der Waals surface area (Å²) in [7, 11) is 0. The van der Waals surface area contributed by atoms with Gasteiger partial charge in [0, 0.05) is 17.0 Å². The number of nitrogen functional groups attached to an aromatic ring is 1. The maximum absolute atomic E-state index is 9.68. The highest BCUT2D eigenvalue weighted by molar-refractivity contribution is 7.80. The normalized spacial score (nSPS) is 14.9. The SMILES string of the molecule is Nc1ccc(C(O)C(O)CS)cc1CO. The molecule has 0 heterocycles. The van der Waals surface area contributed by atoms with E-state index in [1.807, 2.05) is 0 Å². The first-order valence-corrected chi connectivity index (χ1v) is 5.19. The highest BCUT2D eigenvalue weighted by atomic mass is 32.1. The van der Waals surface area contributed by atoms with Gasteiger partial charge in [0.25, 0.3) is 0 Å². The molecular weight excluding hydrogens is 214 g/mol. The van der Waals surface area contributed by atoms with Gasteiger partial charge in [0.1, 0.15) is 6.10 Å². The van der Waals surface area contributed by atoms with Gasteiger partial charge >= 0.3 is 0 Å². The molecule has 1 aromatic carbocycles. The number of anilines is 1. The molecule has 2 atom stereocenters. The van der Waals surface area contributed by atoms with E-state index in [0.717, 1.165) is 0 Å². The van der Waals surface area contributed by atoms with Crippen molar-refractivity contribution in [3.8, 4) is 0 Å². The Morgan fingerprint density at radius 3 is 2.53 bits per heavy atom. The van der Waals surface area contributed by atoms with Crippen LogP contribution in [0.5, 0.6) is 0 Å². The summed E-state index contributed by atoms with van der Waals surface area (Å²) in [5.41, 5.74) is 7.12. The topological polar surface area (TPSA) is 86.7 Å². The molecule has 0 saturated heterocycles. The van der Waals surface area contributed by atoms with Crippen molar-refractivity contribution in [2.24, 2.45) is 0 Å². The third kappa shape index (κ3) is 2.85. The van der Waals surface area contributed by atoms with Crippen LogP contribution < -0.4 is 5.73 Å². The minimum absolute atomic E-state index is 0.167. The molecule has 0 radical (unpaired) electrons. The molecule has 0 amide bonds. The smallest absolute Gasteiger partial charge is 0.106 e. The summed E-state index contributed by atoms with van der Waals surface area (Å²) in [6.07, 6.45) is -1.93. The molecule has 2 unspecified atom stereocenters. The third-order valence-corrected chi connectivity index (χ3v) is 2.60. The minimum Gasteiger partial charge on any atom is -0.398 e. The largest absolute Gasteiger partial charge is 0.398 e. The number of hydrogen-bond acceptors (Lipinski definition) is 5. The van der Waals surface area contributed by atoms with Crippen molar-refractivity contribution in [1.82, 2.24) is 0 Å². The third-order valence-electron chi connectivity index (χ3n) is 2.23. The van der Waals surface area contributed by atoms with Crippen LogP contribution in [0.2, 0.25) is 0 Å². The van der Waals surface area contributed by atoms with Crippen LogP contribution in [-0.4, -0.2) is 27.2 Å². The second-order valence-corrected chi connectivity index (χ2v) is 3.68. The van der Waals surface area contributed by atoms with E-state index in [2.05, 4.69) is 12.6 Å². The quantitative estimate of drug-likeness (QED) is 0.374. The van der Waals surface area contributed by atoms with E-state index in [4.69, 9.17) is 10.8 Å². The van der Waals surface area contributed by atoms with Gasteiger partial charge in [0.05, 0.1) is 12.7 Å². The molecular formula is C10H15NO3S. The second kappa shape index (κ2) is 5.37. The molecule has 15 heavy (non-hydrogen) atoms. The van der Waals surface area contributed by atoms with Gasteiger partial charge in [-0.25, -0.2) is 0 Å². The van der Waals surface area contributed by atoms with Crippen molar-refractivity contribution in [1.29, 1.82) is 0 Å². The van der Waals surface area contributed by atoms with Crippen LogP contribution in [0.4, 0.5) is 5.69 Å². The highest BCUT2D eigenvalue weighted by Crippen LogP contribution is 2.22. The van der Waals surface area contributed by atoms with Gasteiger partial charge in [-0.15, -0.1) is 0 Å². The first kappa shape index (κ1) is 12.3. The standard InChI is InChI=1S/C10H15NO3S/c11-8-2-1-6(3-7(8)4-12)10(14)9(13)5-15/h1-3,9-10,12-15H,4-5,11H2. The summed E-state index contributed by atoms with van der Waals surface area (Å²) in [6, 6.07) is 4.79. The van der Waals surface area contributed by atoms with Gasteiger partial charge in [0.2, 0.25) is 0 Å². The molecule has 84 valence electrons. The Bertz CT molecular complexity index is 332. The van der Waals surface area contributed by atoms with Gasteiger partial charge in [-0.05, 0) is 17.7 Å². The highest BCUT2D eigenvalue weighted by Gasteiger charge is 2.17. The zero-order valence-corrected chi connectivity index (χ0v) is 9.06. The average Bonchev–Trinajstić information content (AvgIpc) is 2.27. The van der Waals surface area contributed by atoms with Crippen LogP contribution in [-0.2, 0) is 6.61 Å². The number of aliphatic hydroxyl groups excluding tert-OH is 3. The van der Waals surface area contributed by atoms with Crippen molar-refractivity contribution >= 4 is 18.3 Å². The fraction of sp³-hybridized carbons (Fsp3) is 0.400. The molecule has 0 aliphatic heterocycles. The predicted molar refractivity (Wildman–Crippen MR) is 61.6 cm³/mol. The predicted octanol–water partition coefficient (Wildman–Crippen LogP) is 0.0852. The molecule has 0 saturated carbocycles. The molecule has 4 nitrogen and oxygen atoms in total. The number of aliphatic hydroxyl groups is 3. The van der Waals surface area contributed by atoms with Crippen LogP contribution in [0.25, 0.3) is 0 Å². The van der Waals surface area contributed by atoms with Crippen LogP contribution in [0.15, 0.2) is 18.2 Å². The van der Waals surface area contributed by atoms with E-state index in [1.165, 1.54) is 0 Å². The monoisotopic (exact) mass is 229 g/mol. The van der Waals surface area contributed by atoms with E-state index in [9.17, 15) is 10.2 Å². The van der Waals surface area contributed by atoms with Crippen molar-refractivity contribution < 1.29 is 15.3 Å². The lowest BCUT2D eigenvalue weighted by molar-refractivity contribution is 0.0337. The molecule has 0 aromatic heterocycles. The maximum atomic E-state index is 9.68. The summed E-state index contributed by atoms with van der Waals surface area (Å²) in [5, 5.41) is 28.1. The van der Waals surface area contributed by atoms with Crippen LogP contribution in [0.1, 0.15) is 17.2 Å². The lowest BCUT2D eigenvalue weighted by atomic mass is 10.0. The van der Waals surface area contributed by atoms with E-state index in [1.54, 1.807) is 18.2 Å². The number of nitrogens with two attached hydrogens (primary N) is 1. The van der Waals surface area contributed by atoms with Crippen molar-refractivity contribution in [3.63, 3.8) is 0 Å². The van der Waals surface area contributed by atoms with E-state index in [0.29, 0.717) is 16.8 Å². The Kier molecular flexibility index (Phi) is 4.41. The Balaban J connectivity index is 2.95. The summed E-state index contributed by atoms with van der Waals surface area (Å²) < 4.78 is 0. The zero-order valence-electron chi connectivity index (χ0n) is 8.17. The number of hydrogen-bond donors (Lipinski definition) is 5. The molecule has 0 fully saturated rings. The Labute approximate surface area is 93.8 Å². The first-order valence-electron chi connectivity index (χ1n) is 4.56. The Hall–Kier alpha value is -0.750. The maximum Gasteiger partial charge on any atom is 0.106 e. The zero-order chi connectivity index (χ0) is 11.4. The van der Waals surface area contributed by atoms with Crippen molar-refractivity contribution in [2.45, 2.75) is 18.8 Å². The van der Waals surface area contributed by atoms with Gasteiger partial charge in [-0.1, -0.05) is 6.07 Å². The first-order chi connectivity index (χ1) is 7.10. The van der Waals surface area contributed by atoms with E-state index < -0.39 is 12.2 Å². The fourth-order valence-electron chi connectivity index (χ4n) is 1.27. The summed E-state index contributed by atoms with van der Waals surface area (Å²) in [4.78, 5) is 0. The van der Waals surface area contributed by atoms with Gasteiger partial charge in [-0.2, -0.15) is 12.6 Å². The molecule has 1 aromatic rings. The number of thiol groups is 1. The average molecular weight is 229 g/mol. The van der Waals surface area contributed by atoms with E-state index in [-0.39, 0.29) is 12.4 Å². The molecule has 0 bridgehead atoms. The van der Waals surface area contributed by atoms with E-state index >= 15 is 0 Å². The fourth-order valence-corrected chi connectivity index (χ4v) is 1.47. The van der Waals surface area contributed by atoms with Gasteiger partial charge < -0.3 is 21.1 Å². The second-order valence-electron chi connectivity index (χ2n) is 3.31. The van der Waals surface area contributed by atoms with Crippen molar-refractivity contribution in [2.75, 3.05) is 11.5 Å². The lowest BCUT2D eigenvalue weighted by Gasteiger charge is -2.17. The summed E-state index contributed by atoms with van der Waals surface area (Å²) in [6.45, 7) is -0.191. The molecule has 0 aliphatic rings. The molecule has 5 N–H and O–H groups in total. The van der Waals surface area contributed by atoms with Gasteiger partial charge in [-0.3, -0.25) is 0 Å². The van der Waals surface area contributed by atoms with Crippen LogP contribution in [0.3, 0.4) is 0 Å². The number of benzene rings is 1. The summed E-state index contributed by atoms with van der Waals surface area (Å²) in [5.74, 6) is 0.167. The molecule has 0 aliphatic carbocycles. The van der Waals surface area contributed by atoms with Crippen LogP contribution >= 0.6 is 12.6 Å². The van der Waals surface area contributed by atoms with Gasteiger partial charge in [0.15, 0.2) is 0 Å². The van der Waals surface area contributed by atoms with Crippen molar-refractivity contribution in [3.05, 3.63) is 29.3 Å². The lowest BCUT2D eigenvalue weighted by Crippen LogP contribution is -2.20. The molecule has 1 rings (SSSR count). The van der Waals surface area contributed by atoms with Crippen LogP contribution in [0, 0.1) is 0 Å². The molecule has 0 spiro atoms. The number of rotatable bonds is 4. The Morgan fingerprint density at radius 1 is 1.33 bits per heavy atom. The Morgan fingerprint density at radius 2 is 2.00 bits per heavy atom. The molecule has 5 heteroatoms. The minimum atomic E-state index is -1.01.